The summed E-state index contributed by atoms with van der Waals surface area (Å²) in [7, 11) is -3.73. The van der Waals surface area contributed by atoms with Crippen molar-refractivity contribution < 1.29 is 37.0 Å². The van der Waals surface area contributed by atoms with Crippen LogP contribution in [0.3, 0.4) is 0 Å². The zero-order valence-corrected chi connectivity index (χ0v) is 19.4. The van der Waals surface area contributed by atoms with Crippen molar-refractivity contribution in [3.05, 3.63) is 72.8 Å². The molecule has 2 aromatic rings. The SMILES string of the molecule is C=C(C)C(=O)OCCOc1ccc(S(=O)(=O)c2ccc(OCCOC(=O)C(=C)C)cc2)cc1. The van der Waals surface area contributed by atoms with Gasteiger partial charge in [-0.25, -0.2) is 18.0 Å². The van der Waals surface area contributed by atoms with Crippen LogP contribution in [0.1, 0.15) is 13.8 Å². The van der Waals surface area contributed by atoms with E-state index >= 15 is 0 Å². The van der Waals surface area contributed by atoms with Crippen molar-refractivity contribution in [3.63, 3.8) is 0 Å². The fourth-order valence-corrected chi connectivity index (χ4v) is 3.66. The lowest BCUT2D eigenvalue weighted by atomic mass is 10.3. The summed E-state index contributed by atoms with van der Waals surface area (Å²) in [6.07, 6.45) is 0. The van der Waals surface area contributed by atoms with Gasteiger partial charge in [0.05, 0.1) is 9.79 Å². The second kappa shape index (κ2) is 11.9. The molecule has 0 aliphatic carbocycles. The monoisotopic (exact) mass is 474 g/mol. The quantitative estimate of drug-likeness (QED) is 0.261. The third-order valence-electron chi connectivity index (χ3n) is 4.14. The minimum atomic E-state index is -3.73. The highest BCUT2D eigenvalue weighted by Gasteiger charge is 2.18. The van der Waals surface area contributed by atoms with E-state index in [2.05, 4.69) is 13.2 Å². The predicted octanol–water partition coefficient (Wildman–Crippen LogP) is 3.52. The van der Waals surface area contributed by atoms with Gasteiger partial charge < -0.3 is 18.9 Å². The maximum Gasteiger partial charge on any atom is 0.333 e. The van der Waals surface area contributed by atoms with Crippen molar-refractivity contribution in [3.8, 4) is 11.5 Å². The first-order chi connectivity index (χ1) is 15.6. The fraction of sp³-hybridized carbons (Fsp3) is 0.250. The molecule has 176 valence electrons. The lowest BCUT2D eigenvalue weighted by molar-refractivity contribution is -0.140. The molecule has 0 amide bonds. The van der Waals surface area contributed by atoms with E-state index in [1.807, 2.05) is 0 Å². The van der Waals surface area contributed by atoms with Crippen molar-refractivity contribution in [1.29, 1.82) is 0 Å². The maximum absolute atomic E-state index is 12.8. The van der Waals surface area contributed by atoms with Gasteiger partial charge in [0, 0.05) is 11.1 Å². The molecular formula is C24H26O8S. The van der Waals surface area contributed by atoms with E-state index < -0.39 is 21.8 Å². The van der Waals surface area contributed by atoms with Gasteiger partial charge in [-0.1, -0.05) is 13.2 Å². The standard InChI is InChI=1S/C24H26O8S/c1-17(2)23(25)31-15-13-29-19-5-9-21(10-6-19)33(27,28)22-11-7-20(8-12-22)30-14-16-32-24(26)18(3)4/h5-12H,1,3,13-16H2,2,4H3. The third-order valence-corrected chi connectivity index (χ3v) is 5.92. The summed E-state index contributed by atoms with van der Waals surface area (Å²) in [6, 6.07) is 11.8. The molecule has 2 rings (SSSR count). The van der Waals surface area contributed by atoms with Crippen LogP contribution >= 0.6 is 0 Å². The molecule has 0 fully saturated rings. The van der Waals surface area contributed by atoms with E-state index in [4.69, 9.17) is 18.9 Å². The first-order valence-corrected chi connectivity index (χ1v) is 11.5. The Morgan fingerprint density at radius 2 is 1.00 bits per heavy atom. The number of carbonyl (C=O) groups excluding carboxylic acids is 2. The Balaban J connectivity index is 1.89. The molecule has 0 aromatic heterocycles. The molecule has 2 aromatic carbocycles. The summed E-state index contributed by atoms with van der Waals surface area (Å²) >= 11 is 0. The average Bonchev–Trinajstić information content (AvgIpc) is 2.79. The number of rotatable bonds is 12. The Morgan fingerprint density at radius 1 is 0.667 bits per heavy atom. The predicted molar refractivity (Wildman–Crippen MR) is 121 cm³/mol. The van der Waals surface area contributed by atoms with E-state index in [1.165, 1.54) is 48.5 Å². The minimum absolute atomic E-state index is 0.0521. The zero-order chi connectivity index (χ0) is 24.4. The van der Waals surface area contributed by atoms with Crippen LogP contribution < -0.4 is 9.47 Å². The molecule has 9 heteroatoms. The van der Waals surface area contributed by atoms with Crippen LogP contribution in [0.4, 0.5) is 0 Å². The molecule has 0 atom stereocenters. The molecule has 0 N–H and O–H groups in total. The highest BCUT2D eigenvalue weighted by Crippen LogP contribution is 2.25. The van der Waals surface area contributed by atoms with Crippen LogP contribution in [0.5, 0.6) is 11.5 Å². The maximum atomic E-state index is 12.8. The summed E-state index contributed by atoms with van der Waals surface area (Å²) in [6.45, 7) is 10.4. The summed E-state index contributed by atoms with van der Waals surface area (Å²) in [5.41, 5.74) is 0.599. The van der Waals surface area contributed by atoms with Gasteiger partial charge >= 0.3 is 11.9 Å². The molecular weight excluding hydrogens is 448 g/mol. The molecule has 0 unspecified atom stereocenters. The minimum Gasteiger partial charge on any atom is -0.490 e. The van der Waals surface area contributed by atoms with Crippen molar-refractivity contribution in [2.24, 2.45) is 0 Å². The highest BCUT2D eigenvalue weighted by molar-refractivity contribution is 7.91. The van der Waals surface area contributed by atoms with Crippen LogP contribution in [0.15, 0.2) is 82.6 Å². The van der Waals surface area contributed by atoms with Crippen LogP contribution in [0, 0.1) is 0 Å². The van der Waals surface area contributed by atoms with Crippen LogP contribution in [0.2, 0.25) is 0 Å². The molecule has 0 radical (unpaired) electrons. The van der Waals surface area contributed by atoms with E-state index in [1.54, 1.807) is 13.8 Å². The lowest BCUT2D eigenvalue weighted by Gasteiger charge is -2.10. The average molecular weight is 475 g/mol. The van der Waals surface area contributed by atoms with E-state index in [-0.39, 0.29) is 36.2 Å². The van der Waals surface area contributed by atoms with Crippen molar-refractivity contribution in [2.75, 3.05) is 26.4 Å². The molecule has 0 bridgehead atoms. The number of ether oxygens (including phenoxy) is 4. The number of esters is 2. The second-order valence-electron chi connectivity index (χ2n) is 6.98. The molecule has 33 heavy (non-hydrogen) atoms. The van der Waals surface area contributed by atoms with Crippen molar-refractivity contribution >= 4 is 21.8 Å². The third kappa shape index (κ3) is 7.80. The summed E-state index contributed by atoms with van der Waals surface area (Å²) in [4.78, 5) is 22.8. The van der Waals surface area contributed by atoms with Crippen LogP contribution in [0.25, 0.3) is 0 Å². The summed E-state index contributed by atoms with van der Waals surface area (Å²) in [5.74, 6) is -0.113. The largest absolute Gasteiger partial charge is 0.490 e. The van der Waals surface area contributed by atoms with Gasteiger partial charge in [0.15, 0.2) is 0 Å². The van der Waals surface area contributed by atoms with Gasteiger partial charge in [0.2, 0.25) is 9.84 Å². The second-order valence-corrected chi connectivity index (χ2v) is 8.93. The van der Waals surface area contributed by atoms with Gasteiger partial charge in [0.25, 0.3) is 0 Å². The zero-order valence-electron chi connectivity index (χ0n) is 18.5. The van der Waals surface area contributed by atoms with Gasteiger partial charge in [-0.15, -0.1) is 0 Å². The lowest BCUT2D eigenvalue weighted by Crippen LogP contribution is -2.12. The highest BCUT2D eigenvalue weighted by atomic mass is 32.2. The molecule has 0 aliphatic heterocycles. The smallest absolute Gasteiger partial charge is 0.333 e. The van der Waals surface area contributed by atoms with E-state index in [0.717, 1.165) is 0 Å². The number of carbonyl (C=O) groups is 2. The Kier molecular flexibility index (Phi) is 9.23. The molecule has 0 saturated carbocycles. The van der Waals surface area contributed by atoms with Gasteiger partial charge in [-0.3, -0.25) is 0 Å². The van der Waals surface area contributed by atoms with Crippen molar-refractivity contribution in [2.45, 2.75) is 23.6 Å². The summed E-state index contributed by atoms with van der Waals surface area (Å²) < 4.78 is 46.4. The van der Waals surface area contributed by atoms with E-state index in [0.29, 0.717) is 22.6 Å². The summed E-state index contributed by atoms with van der Waals surface area (Å²) in [5, 5.41) is 0. The molecule has 0 aliphatic rings. The molecule has 0 spiro atoms. The first kappa shape index (κ1) is 25.7. The Labute approximate surface area is 193 Å². The number of sulfone groups is 1. The van der Waals surface area contributed by atoms with E-state index in [9.17, 15) is 18.0 Å². The molecule has 8 nitrogen and oxygen atoms in total. The fourth-order valence-electron chi connectivity index (χ4n) is 2.40. The van der Waals surface area contributed by atoms with Crippen LogP contribution in [-0.4, -0.2) is 46.8 Å². The Morgan fingerprint density at radius 3 is 1.30 bits per heavy atom. The van der Waals surface area contributed by atoms with Gasteiger partial charge in [-0.05, 0) is 62.4 Å². The topological polar surface area (TPSA) is 105 Å². The van der Waals surface area contributed by atoms with Gasteiger partial charge in [-0.2, -0.15) is 0 Å². The van der Waals surface area contributed by atoms with Crippen molar-refractivity contribution in [1.82, 2.24) is 0 Å². The molecule has 0 heterocycles. The molecule has 0 saturated heterocycles. The Hall–Kier alpha value is -3.59. The van der Waals surface area contributed by atoms with Crippen LogP contribution in [-0.2, 0) is 28.9 Å². The number of hydrogen-bond acceptors (Lipinski definition) is 8. The number of hydrogen-bond donors (Lipinski definition) is 0. The normalized spacial score (nSPS) is 10.7. The Bertz CT molecular complexity index is 1020. The first-order valence-electron chi connectivity index (χ1n) is 9.97. The van der Waals surface area contributed by atoms with Gasteiger partial charge in [0.1, 0.15) is 37.9 Å². The number of benzene rings is 2.